The monoisotopic (exact) mass is 435 g/mol. The van der Waals surface area contributed by atoms with Crippen LogP contribution >= 0.6 is 11.3 Å². The van der Waals surface area contributed by atoms with Crippen molar-refractivity contribution in [2.24, 2.45) is 5.92 Å². The van der Waals surface area contributed by atoms with E-state index >= 15 is 0 Å². The smallest absolute Gasteiger partial charge is 0.261 e. The third kappa shape index (κ3) is 5.65. The van der Waals surface area contributed by atoms with Crippen LogP contribution < -0.4 is 10.6 Å². The van der Waals surface area contributed by atoms with Gasteiger partial charge in [0.1, 0.15) is 0 Å². The van der Waals surface area contributed by atoms with Crippen LogP contribution in [0.1, 0.15) is 34.3 Å². The number of nitrogens with zero attached hydrogens (tertiary/aromatic N) is 1. The van der Waals surface area contributed by atoms with Crippen LogP contribution in [0.5, 0.6) is 0 Å². The molecule has 1 aliphatic heterocycles. The van der Waals surface area contributed by atoms with Crippen molar-refractivity contribution in [1.82, 2.24) is 14.9 Å². The van der Waals surface area contributed by atoms with E-state index in [1.807, 2.05) is 6.07 Å². The van der Waals surface area contributed by atoms with Gasteiger partial charge in [-0.2, -0.15) is 4.31 Å². The molecule has 0 bridgehead atoms. The number of hydrogen-bond acceptors (Lipinski definition) is 5. The van der Waals surface area contributed by atoms with Crippen LogP contribution in [0.3, 0.4) is 0 Å². The highest BCUT2D eigenvalue weighted by molar-refractivity contribution is 7.89. The maximum Gasteiger partial charge on any atom is 0.261 e. The van der Waals surface area contributed by atoms with Gasteiger partial charge in [-0.3, -0.25) is 9.59 Å². The Morgan fingerprint density at radius 1 is 1.07 bits per heavy atom. The fourth-order valence-electron chi connectivity index (χ4n) is 3.23. The highest BCUT2D eigenvalue weighted by Crippen LogP contribution is 2.23. The lowest BCUT2D eigenvalue weighted by molar-refractivity contribution is -0.119. The Morgan fingerprint density at radius 3 is 2.41 bits per heavy atom. The van der Waals surface area contributed by atoms with Crippen molar-refractivity contribution in [2.75, 3.05) is 19.6 Å². The summed E-state index contributed by atoms with van der Waals surface area (Å²) in [5.41, 5.74) is 0. The SMILES string of the molecule is CC(=O)NCc1ccc(C(=O)NCC2CCN(S(=O)(=O)c3ccccc3)CC2)s1. The second kappa shape index (κ2) is 9.51. The van der Waals surface area contributed by atoms with Crippen molar-refractivity contribution in [3.8, 4) is 0 Å². The first-order valence-corrected chi connectivity index (χ1v) is 11.8. The molecule has 1 aliphatic rings. The minimum Gasteiger partial charge on any atom is -0.351 e. The van der Waals surface area contributed by atoms with Gasteiger partial charge in [0.25, 0.3) is 5.91 Å². The molecule has 0 aliphatic carbocycles. The zero-order valence-corrected chi connectivity index (χ0v) is 17.9. The third-order valence-electron chi connectivity index (χ3n) is 4.90. The number of nitrogens with one attached hydrogen (secondary N) is 2. The summed E-state index contributed by atoms with van der Waals surface area (Å²) in [6.07, 6.45) is 1.43. The molecule has 0 atom stereocenters. The summed E-state index contributed by atoms with van der Waals surface area (Å²) >= 11 is 1.36. The summed E-state index contributed by atoms with van der Waals surface area (Å²) in [6, 6.07) is 12.1. The number of amides is 2. The Labute approximate surface area is 175 Å². The molecule has 2 heterocycles. The molecule has 2 N–H and O–H groups in total. The maximum absolute atomic E-state index is 12.7. The molecule has 2 amide bonds. The largest absolute Gasteiger partial charge is 0.351 e. The molecule has 0 radical (unpaired) electrons. The Hall–Kier alpha value is -2.23. The third-order valence-corrected chi connectivity index (χ3v) is 7.90. The summed E-state index contributed by atoms with van der Waals surface area (Å²) in [5.74, 6) is 0.00780. The molecular formula is C20H25N3O4S2. The van der Waals surface area contributed by atoms with Crippen LogP contribution in [0.2, 0.25) is 0 Å². The zero-order valence-electron chi connectivity index (χ0n) is 16.3. The number of sulfonamides is 1. The minimum absolute atomic E-state index is 0.106. The summed E-state index contributed by atoms with van der Waals surface area (Å²) in [6.45, 7) is 3.31. The summed E-state index contributed by atoms with van der Waals surface area (Å²) in [5, 5.41) is 5.66. The predicted molar refractivity (Wildman–Crippen MR) is 112 cm³/mol. The fourth-order valence-corrected chi connectivity index (χ4v) is 5.58. The molecule has 0 spiro atoms. The van der Waals surface area contributed by atoms with E-state index in [9.17, 15) is 18.0 Å². The number of rotatable bonds is 7. The summed E-state index contributed by atoms with van der Waals surface area (Å²) < 4.78 is 26.9. The van der Waals surface area contributed by atoms with E-state index in [4.69, 9.17) is 0 Å². The van der Waals surface area contributed by atoms with Crippen molar-refractivity contribution in [1.29, 1.82) is 0 Å². The molecular weight excluding hydrogens is 410 g/mol. The fraction of sp³-hybridized carbons (Fsp3) is 0.400. The van der Waals surface area contributed by atoms with Gasteiger partial charge in [0.15, 0.2) is 0 Å². The van der Waals surface area contributed by atoms with Crippen LogP contribution in [0, 0.1) is 5.92 Å². The van der Waals surface area contributed by atoms with Crippen LogP contribution in [-0.2, 0) is 21.4 Å². The maximum atomic E-state index is 12.7. The Bertz CT molecular complexity index is 949. The number of benzene rings is 1. The van der Waals surface area contributed by atoms with Gasteiger partial charge in [0, 0.05) is 31.4 Å². The van der Waals surface area contributed by atoms with Crippen molar-refractivity contribution in [3.63, 3.8) is 0 Å². The lowest BCUT2D eigenvalue weighted by Gasteiger charge is -2.31. The molecule has 1 aromatic carbocycles. The molecule has 29 heavy (non-hydrogen) atoms. The molecule has 0 saturated carbocycles. The molecule has 7 nitrogen and oxygen atoms in total. The van der Waals surface area contributed by atoms with Crippen LogP contribution in [0.4, 0.5) is 0 Å². The first-order chi connectivity index (χ1) is 13.9. The van der Waals surface area contributed by atoms with Crippen molar-refractivity contribution in [3.05, 3.63) is 52.2 Å². The number of hydrogen-bond donors (Lipinski definition) is 2. The molecule has 3 rings (SSSR count). The number of carbonyl (C=O) groups is 2. The van der Waals surface area contributed by atoms with Crippen LogP contribution in [-0.4, -0.2) is 44.2 Å². The molecule has 156 valence electrons. The summed E-state index contributed by atoms with van der Waals surface area (Å²) in [7, 11) is -3.45. The predicted octanol–water partition coefficient (Wildman–Crippen LogP) is 2.21. The quantitative estimate of drug-likeness (QED) is 0.697. The van der Waals surface area contributed by atoms with Crippen molar-refractivity contribution in [2.45, 2.75) is 31.2 Å². The van der Waals surface area contributed by atoms with E-state index in [0.717, 1.165) is 4.88 Å². The normalized spacial score (nSPS) is 15.8. The van der Waals surface area contributed by atoms with Gasteiger partial charge in [-0.15, -0.1) is 11.3 Å². The van der Waals surface area contributed by atoms with Gasteiger partial charge in [-0.05, 0) is 43.0 Å². The van der Waals surface area contributed by atoms with E-state index in [1.54, 1.807) is 36.4 Å². The Morgan fingerprint density at radius 2 is 1.76 bits per heavy atom. The molecule has 1 aromatic heterocycles. The molecule has 9 heteroatoms. The van der Waals surface area contributed by atoms with E-state index < -0.39 is 10.0 Å². The van der Waals surface area contributed by atoms with Gasteiger partial charge in [-0.25, -0.2) is 8.42 Å². The zero-order chi connectivity index (χ0) is 20.9. The second-order valence-corrected chi connectivity index (χ2v) is 10.2. The number of carbonyl (C=O) groups excluding carboxylic acids is 2. The number of thiophene rings is 1. The van der Waals surface area contributed by atoms with Gasteiger partial charge < -0.3 is 10.6 Å². The van der Waals surface area contributed by atoms with Crippen LogP contribution in [0.25, 0.3) is 0 Å². The first kappa shape index (κ1) is 21.5. The van der Waals surface area contributed by atoms with Crippen LogP contribution in [0.15, 0.2) is 47.4 Å². The van der Waals surface area contributed by atoms with Gasteiger partial charge in [0.2, 0.25) is 15.9 Å². The number of piperidine rings is 1. The standard InChI is InChI=1S/C20H25N3O4S2/c1-15(24)21-14-17-7-8-19(28-17)20(25)22-13-16-9-11-23(12-10-16)29(26,27)18-5-3-2-4-6-18/h2-8,16H,9-14H2,1H3,(H,21,24)(H,22,25). The van der Waals surface area contributed by atoms with Crippen molar-refractivity contribution >= 4 is 33.2 Å². The molecule has 2 aromatic rings. The molecule has 0 unspecified atom stereocenters. The minimum atomic E-state index is -3.45. The first-order valence-electron chi connectivity index (χ1n) is 9.53. The average Bonchev–Trinajstić information content (AvgIpc) is 3.21. The van der Waals surface area contributed by atoms with E-state index in [-0.39, 0.29) is 17.7 Å². The highest BCUT2D eigenvalue weighted by Gasteiger charge is 2.29. The average molecular weight is 436 g/mol. The summed E-state index contributed by atoms with van der Waals surface area (Å²) in [4.78, 5) is 25.2. The van der Waals surface area contributed by atoms with E-state index in [1.165, 1.54) is 22.6 Å². The lowest BCUT2D eigenvalue weighted by atomic mass is 9.98. The lowest BCUT2D eigenvalue weighted by Crippen LogP contribution is -2.41. The Balaban J connectivity index is 1.46. The topological polar surface area (TPSA) is 95.6 Å². The van der Waals surface area contributed by atoms with E-state index in [0.29, 0.717) is 48.8 Å². The molecule has 1 fully saturated rings. The molecule has 1 saturated heterocycles. The van der Waals surface area contributed by atoms with Gasteiger partial charge in [0.05, 0.1) is 16.3 Å². The van der Waals surface area contributed by atoms with Crippen molar-refractivity contribution < 1.29 is 18.0 Å². The van der Waals surface area contributed by atoms with E-state index in [2.05, 4.69) is 10.6 Å². The second-order valence-electron chi connectivity index (χ2n) is 7.05. The van der Waals surface area contributed by atoms with Gasteiger partial charge in [-0.1, -0.05) is 18.2 Å². The Kier molecular flexibility index (Phi) is 7.05. The van der Waals surface area contributed by atoms with Gasteiger partial charge >= 0.3 is 0 Å². The highest BCUT2D eigenvalue weighted by atomic mass is 32.2.